The highest BCUT2D eigenvalue weighted by molar-refractivity contribution is 14.1. The summed E-state index contributed by atoms with van der Waals surface area (Å²) in [5, 5.41) is 10.8. The molecule has 0 fully saturated rings. The standard InChI is InChI=1S/C10H9ClIN3S/c11-7-5-6(1-2-8(7)12)10-15-14-9(16-10)3-4-13/h1-2,5H,3-4,13H2. The topological polar surface area (TPSA) is 51.8 Å². The van der Waals surface area contributed by atoms with E-state index in [4.69, 9.17) is 17.3 Å². The van der Waals surface area contributed by atoms with Crippen LogP contribution < -0.4 is 5.73 Å². The van der Waals surface area contributed by atoms with E-state index in [0.29, 0.717) is 6.54 Å². The van der Waals surface area contributed by atoms with Gasteiger partial charge in [-0.05, 0) is 41.3 Å². The number of hydrogen-bond acceptors (Lipinski definition) is 4. The van der Waals surface area contributed by atoms with E-state index in [2.05, 4.69) is 32.8 Å². The van der Waals surface area contributed by atoms with Gasteiger partial charge < -0.3 is 5.73 Å². The van der Waals surface area contributed by atoms with Crippen molar-refractivity contribution in [1.29, 1.82) is 0 Å². The van der Waals surface area contributed by atoms with E-state index in [9.17, 15) is 0 Å². The summed E-state index contributed by atoms with van der Waals surface area (Å²) in [5.74, 6) is 0. The molecule has 0 aliphatic heterocycles. The minimum atomic E-state index is 0.599. The third-order valence-corrected chi connectivity index (χ3v) is 4.60. The van der Waals surface area contributed by atoms with E-state index in [1.807, 2.05) is 18.2 Å². The molecule has 0 atom stereocenters. The van der Waals surface area contributed by atoms with E-state index in [0.717, 1.165) is 30.6 Å². The molecule has 0 aliphatic rings. The minimum absolute atomic E-state index is 0.599. The number of benzene rings is 1. The van der Waals surface area contributed by atoms with Crippen molar-refractivity contribution in [1.82, 2.24) is 10.2 Å². The van der Waals surface area contributed by atoms with Gasteiger partial charge in [0, 0.05) is 15.6 Å². The van der Waals surface area contributed by atoms with Gasteiger partial charge in [0.05, 0.1) is 5.02 Å². The second-order valence-corrected chi connectivity index (χ2v) is 5.80. The van der Waals surface area contributed by atoms with Crippen molar-refractivity contribution in [3.8, 4) is 10.6 Å². The van der Waals surface area contributed by atoms with E-state index < -0.39 is 0 Å². The number of halogens is 2. The first-order chi connectivity index (χ1) is 7.70. The third kappa shape index (κ3) is 2.71. The maximum atomic E-state index is 6.06. The Kier molecular flexibility index (Phi) is 4.12. The summed E-state index contributed by atoms with van der Waals surface area (Å²) in [6.07, 6.45) is 0.774. The van der Waals surface area contributed by atoms with Gasteiger partial charge in [-0.1, -0.05) is 29.0 Å². The number of aromatic nitrogens is 2. The summed E-state index contributed by atoms with van der Waals surface area (Å²) in [6, 6.07) is 5.89. The molecular weight excluding hydrogens is 357 g/mol. The van der Waals surface area contributed by atoms with Gasteiger partial charge in [-0.15, -0.1) is 10.2 Å². The summed E-state index contributed by atoms with van der Waals surface area (Å²) >= 11 is 9.82. The fraction of sp³-hybridized carbons (Fsp3) is 0.200. The number of rotatable bonds is 3. The Labute approximate surface area is 116 Å². The van der Waals surface area contributed by atoms with Crippen LogP contribution in [0, 0.1) is 3.57 Å². The normalized spacial score (nSPS) is 10.7. The molecule has 0 radical (unpaired) electrons. The Morgan fingerprint density at radius 3 is 2.88 bits per heavy atom. The van der Waals surface area contributed by atoms with Crippen LogP contribution in [-0.2, 0) is 6.42 Å². The highest BCUT2D eigenvalue weighted by Gasteiger charge is 2.07. The molecule has 0 spiro atoms. The molecule has 16 heavy (non-hydrogen) atoms. The molecule has 1 aromatic heterocycles. The minimum Gasteiger partial charge on any atom is -0.330 e. The first kappa shape index (κ1) is 12.2. The lowest BCUT2D eigenvalue weighted by Gasteiger charge is -1.98. The lowest BCUT2D eigenvalue weighted by atomic mass is 10.2. The summed E-state index contributed by atoms with van der Waals surface area (Å²) in [4.78, 5) is 0. The Bertz CT molecular complexity index is 501. The van der Waals surface area contributed by atoms with Gasteiger partial charge in [0.25, 0.3) is 0 Å². The zero-order valence-electron chi connectivity index (χ0n) is 8.28. The first-order valence-electron chi connectivity index (χ1n) is 4.68. The molecule has 0 saturated carbocycles. The molecule has 3 nitrogen and oxygen atoms in total. The SMILES string of the molecule is NCCc1nnc(-c2ccc(I)c(Cl)c2)s1. The van der Waals surface area contributed by atoms with Gasteiger partial charge in [-0.25, -0.2) is 0 Å². The van der Waals surface area contributed by atoms with Crippen LogP contribution in [0.1, 0.15) is 5.01 Å². The van der Waals surface area contributed by atoms with Crippen LogP contribution in [0.3, 0.4) is 0 Å². The number of nitrogens with two attached hydrogens (primary N) is 1. The van der Waals surface area contributed by atoms with Crippen LogP contribution in [-0.4, -0.2) is 16.7 Å². The maximum Gasteiger partial charge on any atom is 0.147 e. The Morgan fingerprint density at radius 1 is 1.38 bits per heavy atom. The van der Waals surface area contributed by atoms with Crippen molar-refractivity contribution in [2.24, 2.45) is 5.73 Å². The molecule has 1 heterocycles. The Morgan fingerprint density at radius 2 is 2.19 bits per heavy atom. The first-order valence-corrected chi connectivity index (χ1v) is 6.96. The summed E-state index contributed by atoms with van der Waals surface area (Å²) < 4.78 is 1.04. The van der Waals surface area contributed by atoms with Crippen LogP contribution in [0.2, 0.25) is 5.02 Å². The third-order valence-electron chi connectivity index (χ3n) is 1.99. The molecule has 0 amide bonds. The molecule has 84 valence electrons. The van der Waals surface area contributed by atoms with Crippen LogP contribution in [0.25, 0.3) is 10.6 Å². The van der Waals surface area contributed by atoms with Crippen molar-refractivity contribution in [3.63, 3.8) is 0 Å². The van der Waals surface area contributed by atoms with Gasteiger partial charge in [0.2, 0.25) is 0 Å². The zero-order chi connectivity index (χ0) is 11.5. The van der Waals surface area contributed by atoms with Gasteiger partial charge in [-0.3, -0.25) is 0 Å². The van der Waals surface area contributed by atoms with Gasteiger partial charge >= 0.3 is 0 Å². The molecule has 0 saturated heterocycles. The quantitative estimate of drug-likeness (QED) is 0.851. The summed E-state index contributed by atoms with van der Waals surface area (Å²) in [5.41, 5.74) is 6.47. The lowest BCUT2D eigenvalue weighted by Crippen LogP contribution is -2.01. The molecule has 0 bridgehead atoms. The average molecular weight is 366 g/mol. The zero-order valence-corrected chi connectivity index (χ0v) is 12.0. The van der Waals surface area contributed by atoms with E-state index in [1.54, 1.807) is 11.3 Å². The molecule has 0 unspecified atom stereocenters. The molecule has 1 aromatic carbocycles. The van der Waals surface area contributed by atoms with Gasteiger partial charge in [-0.2, -0.15) is 0 Å². The maximum absolute atomic E-state index is 6.06. The fourth-order valence-corrected chi connectivity index (χ4v) is 2.59. The smallest absolute Gasteiger partial charge is 0.147 e. The highest BCUT2D eigenvalue weighted by Crippen LogP contribution is 2.28. The summed E-state index contributed by atoms with van der Waals surface area (Å²) in [7, 11) is 0. The van der Waals surface area contributed by atoms with E-state index >= 15 is 0 Å². The predicted molar refractivity (Wildman–Crippen MR) is 75.8 cm³/mol. The number of nitrogens with zero attached hydrogens (tertiary/aromatic N) is 2. The second kappa shape index (κ2) is 5.39. The van der Waals surface area contributed by atoms with Crippen molar-refractivity contribution in [3.05, 3.63) is 31.8 Å². The number of hydrogen-bond donors (Lipinski definition) is 1. The van der Waals surface area contributed by atoms with Crippen LogP contribution in [0.4, 0.5) is 0 Å². The second-order valence-electron chi connectivity index (χ2n) is 3.17. The van der Waals surface area contributed by atoms with Crippen LogP contribution in [0.15, 0.2) is 18.2 Å². The Balaban J connectivity index is 2.31. The van der Waals surface area contributed by atoms with Crippen molar-refractivity contribution in [2.75, 3.05) is 6.54 Å². The summed E-state index contributed by atoms with van der Waals surface area (Å²) in [6.45, 7) is 0.599. The fourth-order valence-electron chi connectivity index (χ4n) is 1.22. The molecular formula is C10H9ClIN3S. The molecule has 6 heteroatoms. The largest absolute Gasteiger partial charge is 0.330 e. The average Bonchev–Trinajstić information content (AvgIpc) is 2.71. The molecule has 2 aromatic rings. The Hall–Kier alpha value is -0.240. The van der Waals surface area contributed by atoms with Gasteiger partial charge in [0.1, 0.15) is 10.0 Å². The van der Waals surface area contributed by atoms with Crippen molar-refractivity contribution >= 4 is 45.5 Å². The van der Waals surface area contributed by atoms with Gasteiger partial charge in [0.15, 0.2) is 0 Å². The van der Waals surface area contributed by atoms with Crippen molar-refractivity contribution in [2.45, 2.75) is 6.42 Å². The monoisotopic (exact) mass is 365 g/mol. The van der Waals surface area contributed by atoms with Crippen LogP contribution >= 0.6 is 45.5 Å². The van der Waals surface area contributed by atoms with E-state index in [-0.39, 0.29) is 0 Å². The molecule has 2 N–H and O–H groups in total. The molecule has 0 aliphatic carbocycles. The van der Waals surface area contributed by atoms with Crippen molar-refractivity contribution < 1.29 is 0 Å². The highest BCUT2D eigenvalue weighted by atomic mass is 127. The lowest BCUT2D eigenvalue weighted by molar-refractivity contribution is 0.913. The predicted octanol–water partition coefficient (Wildman–Crippen LogP) is 2.96. The van der Waals surface area contributed by atoms with Crippen LogP contribution in [0.5, 0.6) is 0 Å². The molecule has 2 rings (SSSR count). The van der Waals surface area contributed by atoms with E-state index in [1.165, 1.54) is 0 Å².